The van der Waals surface area contributed by atoms with E-state index in [2.05, 4.69) is 20.0 Å². The minimum atomic E-state index is -1.61. The first-order valence-electron chi connectivity index (χ1n) is 9.91. The highest BCUT2D eigenvalue weighted by Crippen LogP contribution is 2.40. The first kappa shape index (κ1) is 24.5. The molecule has 0 saturated carbocycles. The Morgan fingerprint density at radius 2 is 1.68 bits per heavy atom. The summed E-state index contributed by atoms with van der Waals surface area (Å²) < 4.78 is 21.9. The van der Waals surface area contributed by atoms with Crippen LogP contribution in [0.5, 0.6) is 17.2 Å². The second-order valence-electron chi connectivity index (χ2n) is 7.53. The highest BCUT2D eigenvalue weighted by atomic mass is 28.4. The van der Waals surface area contributed by atoms with Gasteiger partial charge in [-0.25, -0.2) is 0 Å². The highest BCUT2D eigenvalue weighted by Gasteiger charge is 2.22. The molecule has 0 radical (unpaired) electrons. The van der Waals surface area contributed by atoms with Crippen molar-refractivity contribution in [1.82, 2.24) is 0 Å². The zero-order valence-corrected chi connectivity index (χ0v) is 19.2. The number of aliphatic hydroxyl groups is 1. The largest absolute Gasteiger partial charge is 0.493 e. The van der Waals surface area contributed by atoms with Crippen LogP contribution >= 0.6 is 0 Å². The van der Waals surface area contributed by atoms with E-state index in [9.17, 15) is 9.90 Å². The molecule has 28 heavy (non-hydrogen) atoms. The Hall–Kier alpha value is -1.57. The lowest BCUT2D eigenvalue weighted by molar-refractivity contribution is -0.121. The molecule has 0 heterocycles. The summed E-state index contributed by atoms with van der Waals surface area (Å²) in [5.41, 5.74) is 0.562. The molecule has 0 saturated heterocycles. The molecular formula is C21H36O6Si. The number of hydrogen-bond acceptors (Lipinski definition) is 6. The number of methoxy groups -OCH3 is 3. The van der Waals surface area contributed by atoms with E-state index in [1.165, 1.54) is 34.2 Å². The third kappa shape index (κ3) is 7.81. The number of benzene rings is 1. The van der Waals surface area contributed by atoms with Crippen LogP contribution in [0.25, 0.3) is 0 Å². The standard InChI is InChI=1S/C21H36O6Si/c1-7-8-12-28(5,6)27-11-9-10-17(22)15-18(23)16-13-19(24-2)21(26-4)20(14-16)25-3/h13-14,18,23H,7-12,15H2,1-6H3. The van der Waals surface area contributed by atoms with Gasteiger partial charge in [0, 0.05) is 19.4 Å². The van der Waals surface area contributed by atoms with Crippen LogP contribution < -0.4 is 14.2 Å². The molecule has 1 unspecified atom stereocenters. The number of Topliss-reactive ketones (excluding diaryl/α,β-unsaturated/α-hetero) is 1. The third-order valence-corrected chi connectivity index (χ3v) is 7.26. The molecule has 1 aromatic rings. The van der Waals surface area contributed by atoms with Crippen molar-refractivity contribution in [2.45, 2.75) is 64.3 Å². The Labute approximate surface area is 170 Å². The number of carbonyl (C=O) groups excluding carboxylic acids is 1. The number of rotatable bonds is 14. The monoisotopic (exact) mass is 412 g/mol. The normalized spacial score (nSPS) is 12.5. The average Bonchev–Trinajstić information content (AvgIpc) is 2.68. The molecule has 0 fully saturated rings. The summed E-state index contributed by atoms with van der Waals surface area (Å²) in [4.78, 5) is 12.3. The molecule has 0 aliphatic carbocycles. The van der Waals surface area contributed by atoms with Gasteiger partial charge < -0.3 is 23.7 Å². The maximum atomic E-state index is 12.3. The van der Waals surface area contributed by atoms with E-state index in [-0.39, 0.29) is 12.2 Å². The Balaban J connectivity index is 2.56. The highest BCUT2D eigenvalue weighted by molar-refractivity contribution is 6.71. The molecule has 0 aliphatic heterocycles. The zero-order valence-electron chi connectivity index (χ0n) is 18.2. The topological polar surface area (TPSA) is 74.2 Å². The fourth-order valence-corrected chi connectivity index (χ4v) is 5.07. The molecule has 0 aromatic heterocycles. The summed E-state index contributed by atoms with van der Waals surface area (Å²) in [6.07, 6.45) is 2.59. The Kier molecular flexibility index (Phi) is 10.6. The van der Waals surface area contributed by atoms with Crippen molar-refractivity contribution < 1.29 is 28.5 Å². The van der Waals surface area contributed by atoms with Gasteiger partial charge in [-0.1, -0.05) is 19.8 Å². The molecule has 1 rings (SSSR count). The fourth-order valence-electron chi connectivity index (χ4n) is 3.02. The van der Waals surface area contributed by atoms with Gasteiger partial charge in [-0.3, -0.25) is 4.79 Å². The molecule has 6 nitrogen and oxygen atoms in total. The van der Waals surface area contributed by atoms with Crippen molar-refractivity contribution in [3.05, 3.63) is 17.7 Å². The van der Waals surface area contributed by atoms with E-state index < -0.39 is 14.4 Å². The molecule has 1 N–H and O–H groups in total. The van der Waals surface area contributed by atoms with Crippen molar-refractivity contribution >= 4 is 14.1 Å². The lowest BCUT2D eigenvalue weighted by Crippen LogP contribution is -2.30. The maximum absolute atomic E-state index is 12.3. The predicted octanol–water partition coefficient (Wildman–Crippen LogP) is 4.51. The number of carbonyl (C=O) groups is 1. The van der Waals surface area contributed by atoms with Crippen LogP contribution in [0.15, 0.2) is 12.1 Å². The second kappa shape index (κ2) is 12.1. The van der Waals surface area contributed by atoms with Crippen molar-refractivity contribution in [1.29, 1.82) is 0 Å². The van der Waals surface area contributed by atoms with E-state index in [4.69, 9.17) is 18.6 Å². The molecule has 0 spiro atoms. The lowest BCUT2D eigenvalue weighted by Gasteiger charge is -2.22. The molecule has 160 valence electrons. The van der Waals surface area contributed by atoms with Gasteiger partial charge in [0.1, 0.15) is 5.78 Å². The van der Waals surface area contributed by atoms with Gasteiger partial charge in [0.25, 0.3) is 0 Å². The van der Waals surface area contributed by atoms with Crippen LogP contribution in [0.2, 0.25) is 19.1 Å². The Morgan fingerprint density at radius 3 is 2.18 bits per heavy atom. The van der Waals surface area contributed by atoms with Crippen LogP contribution in [0, 0.1) is 0 Å². The molecule has 1 atom stereocenters. The number of aliphatic hydroxyl groups excluding tert-OH is 1. The molecule has 0 amide bonds. The van der Waals surface area contributed by atoms with Gasteiger partial charge in [0.2, 0.25) is 5.75 Å². The van der Waals surface area contributed by atoms with Crippen LogP contribution in [-0.2, 0) is 9.22 Å². The van der Waals surface area contributed by atoms with Gasteiger partial charge in [0.05, 0.1) is 27.4 Å². The second-order valence-corrected chi connectivity index (χ2v) is 11.8. The molecular weight excluding hydrogens is 376 g/mol. The minimum Gasteiger partial charge on any atom is -0.493 e. The van der Waals surface area contributed by atoms with E-state index in [1.54, 1.807) is 12.1 Å². The summed E-state index contributed by atoms with van der Waals surface area (Å²) >= 11 is 0. The van der Waals surface area contributed by atoms with Crippen molar-refractivity contribution in [2.24, 2.45) is 0 Å². The number of hydrogen-bond donors (Lipinski definition) is 1. The van der Waals surface area contributed by atoms with Gasteiger partial charge in [-0.05, 0) is 43.3 Å². The summed E-state index contributed by atoms with van der Waals surface area (Å²) in [7, 11) is 2.95. The summed E-state index contributed by atoms with van der Waals surface area (Å²) in [6, 6.07) is 4.49. The average molecular weight is 413 g/mol. The van der Waals surface area contributed by atoms with E-state index in [0.29, 0.717) is 42.3 Å². The first-order valence-corrected chi connectivity index (χ1v) is 13.0. The van der Waals surface area contributed by atoms with Gasteiger partial charge in [0.15, 0.2) is 19.8 Å². The maximum Gasteiger partial charge on any atom is 0.203 e. The van der Waals surface area contributed by atoms with Crippen molar-refractivity contribution in [3.63, 3.8) is 0 Å². The van der Waals surface area contributed by atoms with Crippen molar-refractivity contribution in [2.75, 3.05) is 27.9 Å². The molecule has 1 aromatic carbocycles. The zero-order chi connectivity index (χ0) is 21.2. The van der Waals surface area contributed by atoms with Crippen LogP contribution in [-0.4, -0.2) is 47.1 Å². The van der Waals surface area contributed by atoms with E-state index in [1.807, 2.05) is 0 Å². The SMILES string of the molecule is CCCC[Si](C)(C)OCCCC(=O)CC(O)c1cc(OC)c(OC)c(OC)c1. The summed E-state index contributed by atoms with van der Waals surface area (Å²) in [5, 5.41) is 10.5. The van der Waals surface area contributed by atoms with E-state index in [0.717, 1.165) is 6.04 Å². The molecule has 0 aliphatic rings. The molecule has 0 bridgehead atoms. The number of ether oxygens (including phenoxy) is 3. The van der Waals surface area contributed by atoms with Gasteiger partial charge in [-0.15, -0.1) is 0 Å². The number of unbranched alkanes of at least 4 members (excludes halogenated alkanes) is 1. The lowest BCUT2D eigenvalue weighted by atomic mass is 10.0. The van der Waals surface area contributed by atoms with Crippen LogP contribution in [0.1, 0.15) is 50.7 Å². The molecule has 7 heteroatoms. The van der Waals surface area contributed by atoms with Gasteiger partial charge in [-0.2, -0.15) is 0 Å². The van der Waals surface area contributed by atoms with Crippen LogP contribution in [0.4, 0.5) is 0 Å². The summed E-state index contributed by atoms with van der Waals surface area (Å²) in [5.74, 6) is 1.38. The predicted molar refractivity (Wildman–Crippen MR) is 113 cm³/mol. The third-order valence-electron chi connectivity index (χ3n) is 4.72. The first-order chi connectivity index (χ1) is 13.3. The van der Waals surface area contributed by atoms with Crippen molar-refractivity contribution in [3.8, 4) is 17.2 Å². The fraction of sp³-hybridized carbons (Fsp3) is 0.667. The quantitative estimate of drug-likeness (QED) is 0.358. The Morgan fingerprint density at radius 1 is 1.07 bits per heavy atom. The van der Waals surface area contributed by atoms with Crippen LogP contribution in [0.3, 0.4) is 0 Å². The minimum absolute atomic E-state index is 0.0119. The Bertz CT molecular complexity index is 592. The smallest absolute Gasteiger partial charge is 0.203 e. The number of ketones is 1. The van der Waals surface area contributed by atoms with Gasteiger partial charge >= 0.3 is 0 Å². The van der Waals surface area contributed by atoms with E-state index >= 15 is 0 Å². The summed E-state index contributed by atoms with van der Waals surface area (Å²) in [6.45, 7) is 7.23.